The zero-order valence-corrected chi connectivity index (χ0v) is 9.45. The molecule has 0 spiro atoms. The monoisotopic (exact) mass is 207 g/mol. The maximum atomic E-state index is 12.1. The van der Waals surface area contributed by atoms with Crippen molar-refractivity contribution in [3.63, 3.8) is 0 Å². The molecule has 1 aromatic heterocycles. The predicted octanol–water partition coefficient (Wildman–Crippen LogP) is 0.767. The van der Waals surface area contributed by atoms with Crippen LogP contribution in [0.4, 0.5) is 0 Å². The molecule has 0 bridgehead atoms. The van der Waals surface area contributed by atoms with Gasteiger partial charge in [-0.15, -0.1) is 0 Å². The first-order valence-electron chi connectivity index (χ1n) is 5.34. The SMILES string of the molecule is Cc1ncc(C(=O)C(C)C2CNC2)n1C. The van der Waals surface area contributed by atoms with E-state index in [4.69, 9.17) is 0 Å². The van der Waals surface area contributed by atoms with Gasteiger partial charge in [-0.05, 0) is 25.9 Å². The summed E-state index contributed by atoms with van der Waals surface area (Å²) in [7, 11) is 1.89. The smallest absolute Gasteiger partial charge is 0.183 e. The fourth-order valence-corrected chi connectivity index (χ4v) is 1.84. The third-order valence-electron chi connectivity index (χ3n) is 3.41. The summed E-state index contributed by atoms with van der Waals surface area (Å²) in [6, 6.07) is 0. The van der Waals surface area contributed by atoms with Crippen molar-refractivity contribution < 1.29 is 4.79 Å². The van der Waals surface area contributed by atoms with Crippen LogP contribution in [0.25, 0.3) is 0 Å². The van der Waals surface area contributed by atoms with Gasteiger partial charge in [0.2, 0.25) is 0 Å². The summed E-state index contributed by atoms with van der Waals surface area (Å²) in [6.45, 7) is 5.84. The second-order valence-corrected chi connectivity index (χ2v) is 4.32. The van der Waals surface area contributed by atoms with E-state index in [1.165, 1.54) is 0 Å². The van der Waals surface area contributed by atoms with Crippen LogP contribution in [0.1, 0.15) is 23.2 Å². The van der Waals surface area contributed by atoms with Crippen molar-refractivity contribution in [3.05, 3.63) is 17.7 Å². The summed E-state index contributed by atoms with van der Waals surface area (Å²) in [5.41, 5.74) is 0.729. The molecule has 4 heteroatoms. The highest BCUT2D eigenvalue weighted by molar-refractivity contribution is 5.96. The number of aryl methyl sites for hydroxylation is 1. The summed E-state index contributed by atoms with van der Waals surface area (Å²) in [6.07, 6.45) is 1.68. The van der Waals surface area contributed by atoms with Gasteiger partial charge in [0.15, 0.2) is 5.78 Å². The van der Waals surface area contributed by atoms with Gasteiger partial charge in [-0.3, -0.25) is 4.79 Å². The van der Waals surface area contributed by atoms with E-state index in [1.807, 2.05) is 25.5 Å². The van der Waals surface area contributed by atoms with Crippen LogP contribution >= 0.6 is 0 Å². The first-order chi connectivity index (χ1) is 7.11. The first kappa shape index (κ1) is 10.4. The Morgan fingerprint density at radius 2 is 2.33 bits per heavy atom. The number of rotatable bonds is 3. The molecule has 4 nitrogen and oxygen atoms in total. The van der Waals surface area contributed by atoms with Gasteiger partial charge in [-0.2, -0.15) is 0 Å². The first-order valence-corrected chi connectivity index (χ1v) is 5.34. The Morgan fingerprint density at radius 3 is 2.73 bits per heavy atom. The fourth-order valence-electron chi connectivity index (χ4n) is 1.84. The van der Waals surface area contributed by atoms with Crippen molar-refractivity contribution in [2.75, 3.05) is 13.1 Å². The molecule has 0 radical (unpaired) electrons. The number of Topliss-reactive ketones (excluding diaryl/α,β-unsaturated/α-hetero) is 1. The molecular weight excluding hydrogens is 190 g/mol. The van der Waals surface area contributed by atoms with Crippen molar-refractivity contribution in [1.82, 2.24) is 14.9 Å². The third kappa shape index (κ3) is 1.69. The largest absolute Gasteiger partial charge is 0.329 e. The standard InChI is InChI=1S/C11H17N3O/c1-7(9-4-12-5-9)11(15)10-6-13-8(2)14(10)3/h6-7,9,12H,4-5H2,1-3H3. The average molecular weight is 207 g/mol. The Bertz CT molecular complexity index is 379. The number of carbonyl (C=O) groups is 1. The van der Waals surface area contributed by atoms with E-state index < -0.39 is 0 Å². The Kier molecular flexibility index (Phi) is 2.61. The van der Waals surface area contributed by atoms with E-state index in [0.717, 1.165) is 24.6 Å². The van der Waals surface area contributed by atoms with Crippen LogP contribution in [0.5, 0.6) is 0 Å². The highest BCUT2D eigenvalue weighted by Crippen LogP contribution is 2.20. The quantitative estimate of drug-likeness (QED) is 0.745. The lowest BCUT2D eigenvalue weighted by Gasteiger charge is -2.31. The van der Waals surface area contributed by atoms with Crippen molar-refractivity contribution in [3.8, 4) is 0 Å². The molecule has 1 unspecified atom stereocenters. The van der Waals surface area contributed by atoms with Gasteiger partial charge < -0.3 is 9.88 Å². The maximum Gasteiger partial charge on any atom is 0.183 e. The Hall–Kier alpha value is -1.16. The van der Waals surface area contributed by atoms with Crippen LogP contribution in [0.2, 0.25) is 0 Å². The summed E-state index contributed by atoms with van der Waals surface area (Å²) >= 11 is 0. The molecule has 1 fully saturated rings. The molecule has 0 amide bonds. The molecule has 1 saturated heterocycles. The minimum atomic E-state index is 0.0982. The van der Waals surface area contributed by atoms with Crippen LogP contribution in [-0.2, 0) is 7.05 Å². The van der Waals surface area contributed by atoms with Gasteiger partial charge in [0.25, 0.3) is 0 Å². The number of hydrogen-bond donors (Lipinski definition) is 1. The second kappa shape index (κ2) is 3.77. The van der Waals surface area contributed by atoms with Crippen molar-refractivity contribution in [2.24, 2.45) is 18.9 Å². The number of nitrogens with one attached hydrogen (secondary N) is 1. The predicted molar refractivity (Wildman–Crippen MR) is 57.8 cm³/mol. The second-order valence-electron chi connectivity index (χ2n) is 4.32. The summed E-state index contributed by atoms with van der Waals surface area (Å²) < 4.78 is 1.87. The molecule has 2 heterocycles. The molecular formula is C11H17N3O. The minimum Gasteiger partial charge on any atom is -0.329 e. The number of hydrogen-bond acceptors (Lipinski definition) is 3. The van der Waals surface area contributed by atoms with Crippen LogP contribution in [0.3, 0.4) is 0 Å². The van der Waals surface area contributed by atoms with Crippen LogP contribution in [-0.4, -0.2) is 28.4 Å². The molecule has 1 aliphatic heterocycles. The molecule has 1 aromatic rings. The minimum absolute atomic E-state index is 0.0982. The Morgan fingerprint density at radius 1 is 1.67 bits per heavy atom. The van der Waals surface area contributed by atoms with Gasteiger partial charge in [-0.25, -0.2) is 4.98 Å². The van der Waals surface area contributed by atoms with Crippen molar-refractivity contribution in [2.45, 2.75) is 13.8 Å². The highest BCUT2D eigenvalue weighted by Gasteiger charge is 2.30. The van der Waals surface area contributed by atoms with Crippen LogP contribution in [0, 0.1) is 18.8 Å². The average Bonchev–Trinajstić information content (AvgIpc) is 2.44. The van der Waals surface area contributed by atoms with Crippen molar-refractivity contribution in [1.29, 1.82) is 0 Å². The topological polar surface area (TPSA) is 46.9 Å². The van der Waals surface area contributed by atoms with Gasteiger partial charge in [0.05, 0.1) is 6.20 Å². The number of nitrogens with zero attached hydrogens (tertiary/aromatic N) is 2. The molecule has 0 aliphatic carbocycles. The Balaban J connectivity index is 2.16. The van der Waals surface area contributed by atoms with E-state index >= 15 is 0 Å². The number of aromatic nitrogens is 2. The van der Waals surface area contributed by atoms with Gasteiger partial charge in [0, 0.05) is 13.0 Å². The normalized spacial score (nSPS) is 18.6. The van der Waals surface area contributed by atoms with Crippen LogP contribution < -0.4 is 5.32 Å². The Labute approximate surface area is 89.7 Å². The summed E-state index contributed by atoms with van der Waals surface area (Å²) in [4.78, 5) is 16.3. The maximum absolute atomic E-state index is 12.1. The lowest BCUT2D eigenvalue weighted by Crippen LogP contribution is -2.47. The van der Waals surface area contributed by atoms with Gasteiger partial charge in [-0.1, -0.05) is 6.92 Å². The molecule has 82 valence electrons. The van der Waals surface area contributed by atoms with Crippen molar-refractivity contribution >= 4 is 5.78 Å². The van der Waals surface area contributed by atoms with Crippen LogP contribution in [0.15, 0.2) is 6.20 Å². The van der Waals surface area contributed by atoms with E-state index in [2.05, 4.69) is 10.3 Å². The van der Waals surface area contributed by atoms with Gasteiger partial charge >= 0.3 is 0 Å². The number of ketones is 1. The molecule has 1 N–H and O–H groups in total. The summed E-state index contributed by atoms with van der Waals surface area (Å²) in [5, 5.41) is 3.19. The number of imidazole rings is 1. The van der Waals surface area contributed by atoms with E-state index in [0.29, 0.717) is 5.92 Å². The third-order valence-corrected chi connectivity index (χ3v) is 3.41. The lowest BCUT2D eigenvalue weighted by atomic mass is 9.85. The molecule has 15 heavy (non-hydrogen) atoms. The molecule has 2 rings (SSSR count). The lowest BCUT2D eigenvalue weighted by molar-refractivity contribution is 0.0845. The van der Waals surface area contributed by atoms with E-state index in [-0.39, 0.29) is 11.7 Å². The number of carbonyl (C=O) groups excluding carboxylic acids is 1. The molecule has 0 aromatic carbocycles. The van der Waals surface area contributed by atoms with E-state index in [9.17, 15) is 4.79 Å². The zero-order chi connectivity index (χ0) is 11.0. The zero-order valence-electron chi connectivity index (χ0n) is 9.45. The summed E-state index contributed by atoms with van der Waals surface area (Å²) in [5.74, 6) is 1.69. The molecule has 1 atom stereocenters. The highest BCUT2D eigenvalue weighted by atomic mass is 16.1. The fraction of sp³-hybridized carbons (Fsp3) is 0.636. The van der Waals surface area contributed by atoms with Gasteiger partial charge in [0.1, 0.15) is 11.5 Å². The van der Waals surface area contributed by atoms with E-state index in [1.54, 1.807) is 6.20 Å². The molecule has 0 saturated carbocycles. The molecule has 1 aliphatic rings.